The summed E-state index contributed by atoms with van der Waals surface area (Å²) in [6, 6.07) is 0. The summed E-state index contributed by atoms with van der Waals surface area (Å²) in [4.78, 5) is 10.5. The van der Waals surface area contributed by atoms with Crippen molar-refractivity contribution in [3.63, 3.8) is 0 Å². The monoisotopic (exact) mass is 152 g/mol. The molecule has 2 heteroatoms. The summed E-state index contributed by atoms with van der Waals surface area (Å²) in [6.07, 6.45) is 3.16. The fraction of sp³-hybridized carbons (Fsp3) is 0.889. The fourth-order valence-corrected chi connectivity index (χ4v) is 3.74. The van der Waals surface area contributed by atoms with Crippen LogP contribution in [0.1, 0.15) is 19.3 Å². The van der Waals surface area contributed by atoms with E-state index < -0.39 is 5.97 Å². The van der Waals surface area contributed by atoms with Crippen molar-refractivity contribution < 1.29 is 9.90 Å². The van der Waals surface area contributed by atoms with E-state index in [9.17, 15) is 4.79 Å². The molecule has 4 aliphatic rings. The maximum absolute atomic E-state index is 10.5. The Hall–Kier alpha value is -0.530. The van der Waals surface area contributed by atoms with E-state index in [1.807, 2.05) is 0 Å². The number of rotatable bonds is 2. The highest BCUT2D eigenvalue weighted by atomic mass is 16.4. The molecule has 0 aromatic heterocycles. The highest BCUT2D eigenvalue weighted by molar-refractivity contribution is 5.67. The molecule has 0 radical (unpaired) electrons. The van der Waals surface area contributed by atoms with Gasteiger partial charge in [0.05, 0.1) is 0 Å². The predicted molar refractivity (Wildman–Crippen MR) is 38.9 cm³/mol. The number of hydrogen-bond acceptors (Lipinski definition) is 1. The number of aliphatic carboxylic acids is 1. The first-order chi connectivity index (χ1) is 5.27. The van der Waals surface area contributed by atoms with E-state index in [1.54, 1.807) is 0 Å². The summed E-state index contributed by atoms with van der Waals surface area (Å²) in [6.45, 7) is 0. The summed E-state index contributed by atoms with van der Waals surface area (Å²) in [5.41, 5.74) is 0. The van der Waals surface area contributed by atoms with E-state index >= 15 is 0 Å². The first kappa shape index (κ1) is 6.04. The van der Waals surface area contributed by atoms with Crippen molar-refractivity contribution in [1.29, 1.82) is 0 Å². The SMILES string of the molecule is O=C(O)CC1C2CC3C(C2)C13. The summed E-state index contributed by atoms with van der Waals surface area (Å²) in [7, 11) is 0. The average molecular weight is 152 g/mol. The zero-order valence-electron chi connectivity index (χ0n) is 6.36. The molecule has 3 atom stereocenters. The number of carbonyl (C=O) groups is 1. The van der Waals surface area contributed by atoms with E-state index in [0.29, 0.717) is 12.3 Å². The molecule has 2 nitrogen and oxygen atoms in total. The molecular formula is C9H12O2. The third-order valence-corrected chi connectivity index (χ3v) is 4.06. The van der Waals surface area contributed by atoms with Crippen LogP contribution in [0.5, 0.6) is 0 Å². The van der Waals surface area contributed by atoms with Gasteiger partial charge >= 0.3 is 5.97 Å². The minimum absolute atomic E-state index is 0.447. The van der Waals surface area contributed by atoms with Crippen LogP contribution in [0.3, 0.4) is 0 Å². The van der Waals surface area contributed by atoms with Crippen molar-refractivity contribution in [2.24, 2.45) is 29.6 Å². The van der Waals surface area contributed by atoms with Crippen molar-refractivity contribution in [3.8, 4) is 0 Å². The van der Waals surface area contributed by atoms with E-state index in [1.165, 1.54) is 12.8 Å². The predicted octanol–water partition coefficient (Wildman–Crippen LogP) is 1.36. The van der Waals surface area contributed by atoms with Crippen LogP contribution >= 0.6 is 0 Å². The highest BCUT2D eigenvalue weighted by Gasteiger charge is 2.68. The van der Waals surface area contributed by atoms with Gasteiger partial charge in [-0.15, -0.1) is 0 Å². The van der Waals surface area contributed by atoms with Gasteiger partial charge in [0.25, 0.3) is 0 Å². The van der Waals surface area contributed by atoms with Crippen molar-refractivity contribution in [2.45, 2.75) is 19.3 Å². The summed E-state index contributed by atoms with van der Waals surface area (Å²) in [5, 5.41) is 8.65. The quantitative estimate of drug-likeness (QED) is 0.648. The topological polar surface area (TPSA) is 37.3 Å². The van der Waals surface area contributed by atoms with Gasteiger partial charge in [-0.25, -0.2) is 0 Å². The zero-order valence-corrected chi connectivity index (χ0v) is 6.36. The van der Waals surface area contributed by atoms with E-state index in [-0.39, 0.29) is 0 Å². The lowest BCUT2D eigenvalue weighted by Gasteiger charge is -2.10. The smallest absolute Gasteiger partial charge is 0.303 e. The van der Waals surface area contributed by atoms with Crippen LogP contribution in [0.4, 0.5) is 0 Å². The van der Waals surface area contributed by atoms with Crippen LogP contribution in [-0.2, 0) is 4.79 Å². The van der Waals surface area contributed by atoms with Crippen LogP contribution < -0.4 is 0 Å². The summed E-state index contributed by atoms with van der Waals surface area (Å²) >= 11 is 0. The van der Waals surface area contributed by atoms with E-state index in [2.05, 4.69) is 0 Å². The Balaban J connectivity index is 1.77. The third kappa shape index (κ3) is 0.608. The van der Waals surface area contributed by atoms with Gasteiger partial charge in [0.1, 0.15) is 0 Å². The molecule has 0 spiro atoms. The highest BCUT2D eigenvalue weighted by Crippen LogP contribution is 2.73. The molecule has 0 amide bonds. The third-order valence-electron chi connectivity index (χ3n) is 4.06. The Morgan fingerprint density at radius 3 is 2.36 bits per heavy atom. The minimum Gasteiger partial charge on any atom is -0.481 e. The lowest BCUT2D eigenvalue weighted by Crippen LogP contribution is -2.10. The van der Waals surface area contributed by atoms with Crippen LogP contribution in [0.2, 0.25) is 0 Å². The normalized spacial score (nSPS) is 56.5. The molecule has 0 saturated heterocycles. The second-order valence-corrected chi connectivity index (χ2v) is 4.40. The van der Waals surface area contributed by atoms with Crippen LogP contribution in [0.15, 0.2) is 0 Å². The maximum atomic E-state index is 10.5. The Labute approximate surface area is 65.6 Å². The average Bonchev–Trinajstić information content (AvgIpc) is 2.30. The number of carboxylic acids is 1. The minimum atomic E-state index is -0.590. The van der Waals surface area contributed by atoms with Crippen molar-refractivity contribution in [3.05, 3.63) is 0 Å². The molecule has 0 aromatic rings. The lowest BCUT2D eigenvalue weighted by atomic mass is 9.95. The van der Waals surface area contributed by atoms with Gasteiger partial charge in [-0.2, -0.15) is 0 Å². The molecule has 4 aliphatic carbocycles. The zero-order chi connectivity index (χ0) is 7.59. The molecule has 11 heavy (non-hydrogen) atoms. The van der Waals surface area contributed by atoms with Gasteiger partial charge < -0.3 is 5.11 Å². The molecule has 4 fully saturated rings. The molecule has 4 bridgehead atoms. The van der Waals surface area contributed by atoms with Crippen LogP contribution in [-0.4, -0.2) is 11.1 Å². The first-order valence-corrected chi connectivity index (χ1v) is 4.49. The van der Waals surface area contributed by atoms with Crippen LogP contribution in [0.25, 0.3) is 0 Å². The van der Waals surface area contributed by atoms with Crippen molar-refractivity contribution >= 4 is 5.97 Å². The van der Waals surface area contributed by atoms with Gasteiger partial charge in [-0.05, 0) is 42.4 Å². The van der Waals surface area contributed by atoms with Gasteiger partial charge in [0, 0.05) is 6.42 Å². The summed E-state index contributed by atoms with van der Waals surface area (Å²) < 4.78 is 0. The Kier molecular flexibility index (Phi) is 0.890. The Bertz CT molecular complexity index is 210. The molecule has 0 aromatic carbocycles. The molecule has 60 valence electrons. The molecule has 0 aliphatic heterocycles. The Morgan fingerprint density at radius 2 is 2.00 bits per heavy atom. The fourth-order valence-electron chi connectivity index (χ4n) is 3.74. The number of hydrogen-bond donors (Lipinski definition) is 1. The Morgan fingerprint density at radius 1 is 1.36 bits per heavy atom. The molecule has 3 unspecified atom stereocenters. The maximum Gasteiger partial charge on any atom is 0.303 e. The number of carboxylic acid groups (broad SMARTS) is 1. The van der Waals surface area contributed by atoms with Gasteiger partial charge in [-0.3, -0.25) is 4.79 Å². The lowest BCUT2D eigenvalue weighted by molar-refractivity contribution is -0.138. The van der Waals surface area contributed by atoms with Gasteiger partial charge in [-0.1, -0.05) is 0 Å². The molecule has 4 saturated carbocycles. The second kappa shape index (κ2) is 1.62. The molecule has 0 heterocycles. The van der Waals surface area contributed by atoms with E-state index in [4.69, 9.17) is 5.11 Å². The van der Waals surface area contributed by atoms with E-state index in [0.717, 1.165) is 23.7 Å². The summed E-state index contributed by atoms with van der Waals surface area (Å²) in [5.74, 6) is 3.55. The van der Waals surface area contributed by atoms with Crippen molar-refractivity contribution in [2.75, 3.05) is 0 Å². The molecule has 1 N–H and O–H groups in total. The van der Waals surface area contributed by atoms with Gasteiger partial charge in [0.2, 0.25) is 0 Å². The van der Waals surface area contributed by atoms with Gasteiger partial charge in [0.15, 0.2) is 0 Å². The molecule has 4 rings (SSSR count). The second-order valence-electron chi connectivity index (χ2n) is 4.40. The van der Waals surface area contributed by atoms with Crippen molar-refractivity contribution in [1.82, 2.24) is 0 Å². The largest absolute Gasteiger partial charge is 0.481 e. The molecular weight excluding hydrogens is 140 g/mol. The van der Waals surface area contributed by atoms with Crippen LogP contribution in [0, 0.1) is 29.6 Å². The standard InChI is InChI=1S/C9H12O2/c10-8(11)3-5-4-1-6-7(2-4)9(5)6/h4-7,9H,1-3H2,(H,10,11). The first-order valence-electron chi connectivity index (χ1n) is 4.49.